The van der Waals surface area contributed by atoms with Gasteiger partial charge in [0, 0.05) is 12.5 Å². The fourth-order valence-corrected chi connectivity index (χ4v) is 3.31. The van der Waals surface area contributed by atoms with Gasteiger partial charge < -0.3 is 0 Å². The Bertz CT molecular complexity index is 665. The van der Waals surface area contributed by atoms with Crippen LogP contribution in [0, 0.1) is 7.14 Å². The molecule has 0 bridgehead atoms. The van der Waals surface area contributed by atoms with Crippen LogP contribution in [0.3, 0.4) is 0 Å². The molecule has 0 aliphatic rings. The maximum Gasteiger partial charge on any atom is 0.295 e. The fraction of sp³-hybridized carbons (Fsp3) is 0. The highest BCUT2D eigenvalue weighted by molar-refractivity contribution is 14.1. The van der Waals surface area contributed by atoms with Crippen molar-refractivity contribution in [2.75, 3.05) is 0 Å². The summed E-state index contributed by atoms with van der Waals surface area (Å²) >= 11 is 4.24. The van der Waals surface area contributed by atoms with Crippen LogP contribution in [0.1, 0.15) is 0 Å². The van der Waals surface area contributed by atoms with E-state index in [0.29, 0.717) is 5.39 Å². The van der Waals surface area contributed by atoms with E-state index in [-0.39, 0.29) is 4.90 Å². The molecule has 1 N–H and O–H groups in total. The van der Waals surface area contributed by atoms with Gasteiger partial charge in [0.1, 0.15) is 4.90 Å². The van der Waals surface area contributed by atoms with Crippen LogP contribution in [0.2, 0.25) is 0 Å². The first-order chi connectivity index (χ1) is 7.39. The van der Waals surface area contributed by atoms with Crippen molar-refractivity contribution in [3.05, 3.63) is 37.5 Å². The van der Waals surface area contributed by atoms with Gasteiger partial charge in [0.15, 0.2) is 0 Å². The van der Waals surface area contributed by atoms with Gasteiger partial charge >= 0.3 is 0 Å². The number of rotatable bonds is 1. The van der Waals surface area contributed by atoms with Crippen LogP contribution >= 0.6 is 45.2 Å². The van der Waals surface area contributed by atoms with E-state index in [9.17, 15) is 8.42 Å². The molecule has 0 amide bonds. The van der Waals surface area contributed by atoms with Crippen LogP contribution in [0.4, 0.5) is 0 Å². The molecule has 0 atom stereocenters. The van der Waals surface area contributed by atoms with Gasteiger partial charge in [-0.15, -0.1) is 0 Å². The molecular weight excluding hydrogens is 454 g/mol. The molecule has 0 aromatic heterocycles. The second-order valence-electron chi connectivity index (χ2n) is 3.21. The first-order valence-corrected chi connectivity index (χ1v) is 7.84. The topological polar surface area (TPSA) is 54.4 Å². The number of hydrogen-bond acceptors (Lipinski definition) is 2. The van der Waals surface area contributed by atoms with Crippen molar-refractivity contribution < 1.29 is 13.0 Å². The molecule has 0 aliphatic heterocycles. The number of hydrogen-bond donors (Lipinski definition) is 1. The van der Waals surface area contributed by atoms with E-state index in [1.54, 1.807) is 12.1 Å². The number of benzene rings is 2. The van der Waals surface area contributed by atoms with Crippen LogP contribution in [0.25, 0.3) is 10.8 Å². The Hall–Kier alpha value is 0.0700. The van der Waals surface area contributed by atoms with Crippen LogP contribution < -0.4 is 0 Å². The van der Waals surface area contributed by atoms with Crippen molar-refractivity contribution in [3.8, 4) is 0 Å². The van der Waals surface area contributed by atoms with E-state index in [2.05, 4.69) is 45.2 Å². The van der Waals surface area contributed by atoms with E-state index >= 15 is 0 Å². The Morgan fingerprint density at radius 3 is 2.31 bits per heavy atom. The minimum atomic E-state index is -4.17. The quantitative estimate of drug-likeness (QED) is 0.526. The summed E-state index contributed by atoms with van der Waals surface area (Å²) < 4.78 is 33.5. The molecule has 0 saturated carbocycles. The Kier molecular flexibility index (Phi) is 3.44. The molecule has 0 aliphatic carbocycles. The molecule has 0 unspecified atom stereocenters. The Labute approximate surface area is 120 Å². The van der Waals surface area contributed by atoms with E-state index in [0.717, 1.165) is 12.5 Å². The van der Waals surface area contributed by atoms with Crippen LogP contribution in [0.5, 0.6) is 0 Å². The normalized spacial score (nSPS) is 11.9. The minimum Gasteiger partial charge on any atom is -0.282 e. The van der Waals surface area contributed by atoms with E-state index in [1.165, 1.54) is 6.07 Å². The average Bonchev–Trinajstić information content (AvgIpc) is 2.15. The third-order valence-corrected chi connectivity index (χ3v) is 4.69. The van der Waals surface area contributed by atoms with Crippen LogP contribution in [-0.2, 0) is 10.1 Å². The Morgan fingerprint density at radius 2 is 1.69 bits per heavy atom. The number of halogens is 2. The van der Waals surface area contributed by atoms with Crippen molar-refractivity contribution in [2.45, 2.75) is 4.90 Å². The first kappa shape index (κ1) is 12.5. The lowest BCUT2D eigenvalue weighted by atomic mass is 10.1. The molecular formula is C10H6I2O3S. The van der Waals surface area contributed by atoms with Gasteiger partial charge in [-0.25, -0.2) is 0 Å². The van der Waals surface area contributed by atoms with Crippen molar-refractivity contribution >= 4 is 66.1 Å². The summed E-state index contributed by atoms with van der Waals surface area (Å²) in [5.41, 5.74) is 0. The second kappa shape index (κ2) is 4.39. The highest BCUT2D eigenvalue weighted by atomic mass is 127. The standard InChI is InChI=1S/C10H6I2O3S/c11-6-1-2-7-8(5-6)10(16(13,14)15)4-3-9(7)12/h1-5H,(H,13,14,15). The number of fused-ring (bicyclic) bond motifs is 1. The molecule has 2 aromatic carbocycles. The molecule has 0 spiro atoms. The Morgan fingerprint density at radius 1 is 1.00 bits per heavy atom. The second-order valence-corrected chi connectivity index (χ2v) is 7.01. The average molecular weight is 460 g/mol. The van der Waals surface area contributed by atoms with Crippen molar-refractivity contribution in [1.82, 2.24) is 0 Å². The zero-order valence-corrected chi connectivity index (χ0v) is 12.9. The first-order valence-electron chi connectivity index (χ1n) is 4.25. The summed E-state index contributed by atoms with van der Waals surface area (Å²) in [4.78, 5) is -0.0403. The Balaban J connectivity index is 2.98. The minimum absolute atomic E-state index is 0.0403. The van der Waals surface area contributed by atoms with E-state index in [1.807, 2.05) is 12.1 Å². The summed E-state index contributed by atoms with van der Waals surface area (Å²) in [5.74, 6) is 0. The van der Waals surface area contributed by atoms with Crippen LogP contribution in [-0.4, -0.2) is 13.0 Å². The largest absolute Gasteiger partial charge is 0.295 e. The molecule has 0 heterocycles. The van der Waals surface area contributed by atoms with E-state index < -0.39 is 10.1 Å². The van der Waals surface area contributed by atoms with Gasteiger partial charge in [0.25, 0.3) is 10.1 Å². The van der Waals surface area contributed by atoms with Gasteiger partial charge in [-0.05, 0) is 74.8 Å². The molecule has 0 fully saturated rings. The van der Waals surface area contributed by atoms with Crippen molar-refractivity contribution in [1.29, 1.82) is 0 Å². The molecule has 84 valence electrons. The molecule has 2 rings (SSSR count). The molecule has 2 aromatic rings. The lowest BCUT2D eigenvalue weighted by Crippen LogP contribution is -1.99. The third kappa shape index (κ3) is 2.34. The zero-order chi connectivity index (χ0) is 11.9. The zero-order valence-electron chi connectivity index (χ0n) is 7.81. The van der Waals surface area contributed by atoms with Crippen molar-refractivity contribution in [3.63, 3.8) is 0 Å². The van der Waals surface area contributed by atoms with Crippen LogP contribution in [0.15, 0.2) is 35.2 Å². The smallest absolute Gasteiger partial charge is 0.282 e. The van der Waals surface area contributed by atoms with Gasteiger partial charge in [0.05, 0.1) is 0 Å². The third-order valence-electron chi connectivity index (χ3n) is 2.16. The maximum atomic E-state index is 11.2. The lowest BCUT2D eigenvalue weighted by Gasteiger charge is -2.06. The molecule has 6 heteroatoms. The van der Waals surface area contributed by atoms with Crippen molar-refractivity contribution in [2.24, 2.45) is 0 Å². The SMILES string of the molecule is O=S(=O)(O)c1ccc(I)c2ccc(I)cc12. The van der Waals surface area contributed by atoms with E-state index in [4.69, 9.17) is 4.55 Å². The summed E-state index contributed by atoms with van der Waals surface area (Å²) in [7, 11) is -4.17. The maximum absolute atomic E-state index is 11.2. The molecule has 3 nitrogen and oxygen atoms in total. The summed E-state index contributed by atoms with van der Waals surface area (Å²) in [6, 6.07) is 8.61. The van der Waals surface area contributed by atoms with Gasteiger partial charge in [0.2, 0.25) is 0 Å². The lowest BCUT2D eigenvalue weighted by molar-refractivity contribution is 0.484. The fourth-order valence-electron chi connectivity index (χ4n) is 1.48. The highest BCUT2D eigenvalue weighted by Gasteiger charge is 2.15. The van der Waals surface area contributed by atoms with Gasteiger partial charge in [-0.2, -0.15) is 8.42 Å². The molecule has 0 radical (unpaired) electrons. The molecule has 0 saturated heterocycles. The monoisotopic (exact) mass is 460 g/mol. The molecule has 16 heavy (non-hydrogen) atoms. The summed E-state index contributed by atoms with van der Waals surface area (Å²) in [6.07, 6.45) is 0. The summed E-state index contributed by atoms with van der Waals surface area (Å²) in [6.45, 7) is 0. The van der Waals surface area contributed by atoms with Gasteiger partial charge in [-0.1, -0.05) is 6.07 Å². The van der Waals surface area contributed by atoms with Gasteiger partial charge in [-0.3, -0.25) is 4.55 Å². The summed E-state index contributed by atoms with van der Waals surface area (Å²) in [5, 5.41) is 1.39. The predicted octanol–water partition coefficient (Wildman–Crippen LogP) is 3.30. The predicted molar refractivity (Wildman–Crippen MR) is 79.2 cm³/mol. The highest BCUT2D eigenvalue weighted by Crippen LogP contribution is 2.28.